The number of aromatic nitrogens is 1. The zero-order valence-electron chi connectivity index (χ0n) is 8.78. The molecule has 1 aliphatic carbocycles. The van der Waals surface area contributed by atoms with Crippen molar-refractivity contribution in [2.24, 2.45) is 0 Å². The van der Waals surface area contributed by atoms with E-state index < -0.39 is 0 Å². The van der Waals surface area contributed by atoms with Crippen molar-refractivity contribution in [1.82, 2.24) is 4.57 Å². The van der Waals surface area contributed by atoms with Crippen LogP contribution >= 0.6 is 0 Å². The van der Waals surface area contributed by atoms with E-state index in [1.807, 2.05) is 0 Å². The molecule has 0 saturated heterocycles. The Morgan fingerprint density at radius 3 is 2.57 bits per heavy atom. The van der Waals surface area contributed by atoms with Crippen LogP contribution in [0.1, 0.15) is 38.5 Å². The van der Waals surface area contributed by atoms with Crippen LogP contribution in [0.15, 0.2) is 36.2 Å². The maximum absolute atomic E-state index is 2.47. The van der Waals surface area contributed by atoms with Crippen molar-refractivity contribution in [3.63, 3.8) is 0 Å². The minimum Gasteiger partial charge on any atom is -0.354 e. The first-order valence-electron chi connectivity index (χ1n) is 5.74. The average molecular weight is 189 g/mol. The fourth-order valence-electron chi connectivity index (χ4n) is 2.13. The van der Waals surface area contributed by atoms with E-state index >= 15 is 0 Å². The largest absolute Gasteiger partial charge is 0.354 e. The molecular formula is C13H19N. The maximum atomic E-state index is 2.47. The summed E-state index contributed by atoms with van der Waals surface area (Å²) in [5.74, 6) is 0. The van der Waals surface area contributed by atoms with Crippen LogP contribution in [0.3, 0.4) is 0 Å². The fourth-order valence-corrected chi connectivity index (χ4v) is 2.13. The Kier molecular flexibility index (Phi) is 3.44. The van der Waals surface area contributed by atoms with Gasteiger partial charge >= 0.3 is 0 Å². The van der Waals surface area contributed by atoms with Crippen LogP contribution in [0, 0.1) is 0 Å². The van der Waals surface area contributed by atoms with Crippen molar-refractivity contribution in [1.29, 1.82) is 0 Å². The first-order valence-corrected chi connectivity index (χ1v) is 5.74. The second kappa shape index (κ2) is 5.04. The van der Waals surface area contributed by atoms with Gasteiger partial charge in [0, 0.05) is 18.9 Å². The van der Waals surface area contributed by atoms with Crippen molar-refractivity contribution < 1.29 is 0 Å². The summed E-state index contributed by atoms with van der Waals surface area (Å²) in [6.07, 6.45) is 14.9. The lowest BCUT2D eigenvalue weighted by Crippen LogP contribution is -1.92. The molecule has 2 rings (SSSR count). The van der Waals surface area contributed by atoms with Gasteiger partial charge in [-0.2, -0.15) is 0 Å². The van der Waals surface area contributed by atoms with E-state index in [1.54, 1.807) is 5.57 Å². The molecule has 0 unspecified atom stereocenters. The lowest BCUT2D eigenvalue weighted by atomic mass is 10.1. The lowest BCUT2D eigenvalue weighted by Gasteiger charge is -2.00. The Bertz CT molecular complexity index is 274. The first kappa shape index (κ1) is 9.57. The van der Waals surface area contributed by atoms with Crippen LogP contribution in [0.25, 0.3) is 0 Å². The third kappa shape index (κ3) is 2.76. The Hall–Kier alpha value is -0.980. The molecular weight excluding hydrogens is 170 g/mol. The molecule has 1 fully saturated rings. The molecule has 1 saturated carbocycles. The molecule has 76 valence electrons. The number of unbranched alkanes of at least 4 members (excludes halogenated alkanes) is 1. The van der Waals surface area contributed by atoms with Crippen molar-refractivity contribution in [2.75, 3.05) is 0 Å². The highest BCUT2D eigenvalue weighted by Gasteiger charge is 2.04. The monoisotopic (exact) mass is 189 g/mol. The van der Waals surface area contributed by atoms with Crippen LogP contribution in [0.4, 0.5) is 0 Å². The lowest BCUT2D eigenvalue weighted by molar-refractivity contribution is 0.651. The number of nitrogens with zero attached hydrogens (tertiary/aromatic N) is 1. The Morgan fingerprint density at radius 2 is 1.86 bits per heavy atom. The minimum absolute atomic E-state index is 1.16. The van der Waals surface area contributed by atoms with E-state index in [1.165, 1.54) is 38.5 Å². The number of hydrogen-bond donors (Lipinski definition) is 0. The van der Waals surface area contributed by atoms with Gasteiger partial charge in [-0.1, -0.05) is 11.6 Å². The predicted octanol–water partition coefficient (Wildman–Crippen LogP) is 3.77. The molecule has 0 aliphatic heterocycles. The van der Waals surface area contributed by atoms with Crippen LogP contribution in [0.2, 0.25) is 0 Å². The van der Waals surface area contributed by atoms with E-state index in [4.69, 9.17) is 0 Å². The molecule has 1 nitrogen and oxygen atoms in total. The van der Waals surface area contributed by atoms with E-state index in [9.17, 15) is 0 Å². The average Bonchev–Trinajstić information content (AvgIpc) is 2.86. The van der Waals surface area contributed by atoms with E-state index in [0.717, 1.165) is 6.54 Å². The van der Waals surface area contributed by atoms with Crippen LogP contribution in [-0.4, -0.2) is 4.57 Å². The molecule has 0 bridgehead atoms. The SMILES string of the molecule is C(CCCn1cccc1)=C1CCCC1. The molecule has 0 N–H and O–H groups in total. The van der Waals surface area contributed by atoms with Crippen LogP contribution in [0.5, 0.6) is 0 Å². The molecule has 1 aliphatic rings. The summed E-state index contributed by atoms with van der Waals surface area (Å²) in [5.41, 5.74) is 1.71. The quantitative estimate of drug-likeness (QED) is 0.502. The second-order valence-corrected chi connectivity index (χ2v) is 4.13. The Balaban J connectivity index is 1.66. The second-order valence-electron chi connectivity index (χ2n) is 4.13. The standard InChI is InChI=1S/C13H19N/c1-2-8-13(7-1)9-3-4-10-14-11-5-6-12-14/h5-6,9,11-12H,1-4,7-8,10H2. The molecule has 0 aromatic carbocycles. The minimum atomic E-state index is 1.16. The first-order chi connectivity index (χ1) is 6.95. The Morgan fingerprint density at radius 1 is 1.14 bits per heavy atom. The summed E-state index contributed by atoms with van der Waals surface area (Å²) >= 11 is 0. The summed E-state index contributed by atoms with van der Waals surface area (Å²) in [6, 6.07) is 4.19. The van der Waals surface area contributed by atoms with Crippen molar-refractivity contribution >= 4 is 0 Å². The summed E-state index contributed by atoms with van der Waals surface area (Å²) in [5, 5.41) is 0. The van der Waals surface area contributed by atoms with Crippen molar-refractivity contribution in [3.8, 4) is 0 Å². The zero-order chi connectivity index (χ0) is 9.64. The van der Waals surface area contributed by atoms with Crippen molar-refractivity contribution in [3.05, 3.63) is 36.2 Å². The molecule has 1 aromatic rings. The van der Waals surface area contributed by atoms with Gasteiger partial charge in [0.2, 0.25) is 0 Å². The molecule has 1 heteroatoms. The summed E-state index contributed by atoms with van der Waals surface area (Å²) < 4.78 is 2.26. The smallest absolute Gasteiger partial charge is 0.0222 e. The summed E-state index contributed by atoms with van der Waals surface area (Å²) in [6.45, 7) is 1.16. The van der Waals surface area contributed by atoms with Gasteiger partial charge in [0.1, 0.15) is 0 Å². The molecule has 1 aromatic heterocycles. The van der Waals surface area contributed by atoms with Gasteiger partial charge in [-0.05, 0) is 50.7 Å². The van der Waals surface area contributed by atoms with Crippen molar-refractivity contribution in [2.45, 2.75) is 45.1 Å². The van der Waals surface area contributed by atoms with E-state index in [0.29, 0.717) is 0 Å². The summed E-state index contributed by atoms with van der Waals surface area (Å²) in [7, 11) is 0. The topological polar surface area (TPSA) is 4.93 Å². The van der Waals surface area contributed by atoms with Gasteiger partial charge in [-0.25, -0.2) is 0 Å². The highest BCUT2D eigenvalue weighted by molar-refractivity contribution is 5.05. The third-order valence-electron chi connectivity index (χ3n) is 2.97. The van der Waals surface area contributed by atoms with Gasteiger partial charge in [0.05, 0.1) is 0 Å². The van der Waals surface area contributed by atoms with Gasteiger partial charge < -0.3 is 4.57 Å². The zero-order valence-corrected chi connectivity index (χ0v) is 8.78. The predicted molar refractivity (Wildman–Crippen MR) is 60.2 cm³/mol. The number of rotatable bonds is 4. The molecule has 14 heavy (non-hydrogen) atoms. The molecule has 1 heterocycles. The maximum Gasteiger partial charge on any atom is 0.0222 e. The van der Waals surface area contributed by atoms with E-state index in [-0.39, 0.29) is 0 Å². The van der Waals surface area contributed by atoms with Gasteiger partial charge in [-0.15, -0.1) is 0 Å². The van der Waals surface area contributed by atoms with Gasteiger partial charge in [0.15, 0.2) is 0 Å². The fraction of sp³-hybridized carbons (Fsp3) is 0.538. The number of allylic oxidation sites excluding steroid dienone is 2. The van der Waals surface area contributed by atoms with E-state index in [2.05, 4.69) is 35.2 Å². The molecule has 0 atom stereocenters. The Labute approximate surface area is 86.4 Å². The van der Waals surface area contributed by atoms with Gasteiger partial charge in [-0.3, -0.25) is 0 Å². The van der Waals surface area contributed by atoms with Crippen LogP contribution < -0.4 is 0 Å². The molecule has 0 amide bonds. The third-order valence-corrected chi connectivity index (χ3v) is 2.97. The number of hydrogen-bond acceptors (Lipinski definition) is 0. The molecule has 0 spiro atoms. The molecule has 0 radical (unpaired) electrons. The number of aryl methyl sites for hydroxylation is 1. The van der Waals surface area contributed by atoms with Gasteiger partial charge in [0.25, 0.3) is 0 Å². The highest BCUT2D eigenvalue weighted by Crippen LogP contribution is 2.24. The van der Waals surface area contributed by atoms with Crippen LogP contribution in [-0.2, 0) is 6.54 Å². The highest BCUT2D eigenvalue weighted by atomic mass is 14.9. The normalized spacial score (nSPS) is 16.1. The summed E-state index contributed by atoms with van der Waals surface area (Å²) in [4.78, 5) is 0.